The number of rotatable bonds is 17. The molecule has 44 heavy (non-hydrogen) atoms. The molecule has 2 fully saturated rings. The number of hydrogen-bond donors (Lipinski definition) is 5. The summed E-state index contributed by atoms with van der Waals surface area (Å²) in [5.41, 5.74) is 0.751. The average molecular weight is 637 g/mol. The molecule has 5 atom stereocenters. The highest BCUT2D eigenvalue weighted by molar-refractivity contribution is 7.87. The maximum Gasteiger partial charge on any atom is 0.280 e. The lowest BCUT2D eigenvalue weighted by atomic mass is 9.82. The number of amides is 2. The highest BCUT2D eigenvalue weighted by Crippen LogP contribution is 2.29. The minimum atomic E-state index is -4.02. The third-order valence-electron chi connectivity index (χ3n) is 8.59. The number of morpholine rings is 1. The Balaban J connectivity index is 1.77. The van der Waals surface area contributed by atoms with Gasteiger partial charge in [-0.3, -0.25) is 9.59 Å². The number of nitrogens with one attached hydrogen (secondary N) is 3. The van der Waals surface area contributed by atoms with Gasteiger partial charge < -0.3 is 25.6 Å². The van der Waals surface area contributed by atoms with Crippen LogP contribution in [-0.2, 0) is 31.0 Å². The van der Waals surface area contributed by atoms with Crippen LogP contribution in [0.5, 0.6) is 0 Å². The third-order valence-corrected chi connectivity index (χ3v) is 10.2. The van der Waals surface area contributed by atoms with Crippen molar-refractivity contribution in [3.8, 4) is 0 Å². The SMILES string of the molecule is C=CC[C@H](NC(=O)[C@H](Cc1ccccc1)NS(=O)(=O)N1CCOCC1)C(=O)N[C@@H](CC1CCCCC1)[C@@H](O)C[C@H](O)C(C)C. The van der Waals surface area contributed by atoms with Gasteiger partial charge >= 0.3 is 0 Å². The van der Waals surface area contributed by atoms with Crippen LogP contribution in [0.1, 0.15) is 70.8 Å². The molecule has 1 heterocycles. The maximum atomic E-state index is 13.7. The maximum absolute atomic E-state index is 13.7. The zero-order valence-corrected chi connectivity index (χ0v) is 27.0. The van der Waals surface area contributed by atoms with Crippen molar-refractivity contribution in [1.29, 1.82) is 0 Å². The number of aliphatic hydroxyl groups excluding tert-OH is 2. The van der Waals surface area contributed by atoms with Crippen LogP contribution >= 0.6 is 0 Å². The lowest BCUT2D eigenvalue weighted by Crippen LogP contribution is -2.58. The number of nitrogens with zero attached hydrogens (tertiary/aromatic N) is 1. The molecule has 0 bridgehead atoms. The van der Waals surface area contributed by atoms with E-state index in [4.69, 9.17) is 4.74 Å². The Labute approximate surface area is 263 Å². The zero-order chi connectivity index (χ0) is 32.1. The third kappa shape index (κ3) is 11.5. The molecule has 1 aliphatic heterocycles. The molecule has 1 aliphatic carbocycles. The highest BCUT2D eigenvalue weighted by Gasteiger charge is 2.34. The molecule has 0 spiro atoms. The molecule has 2 amide bonds. The minimum absolute atomic E-state index is 0.0497. The number of carbonyl (C=O) groups excluding carboxylic acids is 2. The van der Waals surface area contributed by atoms with Gasteiger partial charge in [0.05, 0.1) is 31.5 Å². The molecular formula is C32H52N4O7S. The van der Waals surface area contributed by atoms with E-state index in [1.807, 2.05) is 32.0 Å². The molecular weight excluding hydrogens is 584 g/mol. The van der Waals surface area contributed by atoms with E-state index in [1.54, 1.807) is 12.1 Å². The summed E-state index contributed by atoms with van der Waals surface area (Å²) in [6.07, 6.45) is 6.12. The average Bonchev–Trinajstić information content (AvgIpc) is 3.01. The first kappa shape index (κ1) is 36.1. The van der Waals surface area contributed by atoms with Crippen LogP contribution in [0, 0.1) is 11.8 Å². The Kier molecular flexibility index (Phi) is 14.7. The zero-order valence-electron chi connectivity index (χ0n) is 26.2. The summed E-state index contributed by atoms with van der Waals surface area (Å²) in [6, 6.07) is 6.23. The van der Waals surface area contributed by atoms with Crippen molar-refractivity contribution < 1.29 is 33.0 Å². The fourth-order valence-electron chi connectivity index (χ4n) is 5.81. The molecule has 0 radical (unpaired) electrons. The van der Waals surface area contributed by atoms with Crippen LogP contribution in [0.4, 0.5) is 0 Å². The Morgan fingerprint density at radius 3 is 2.25 bits per heavy atom. The molecule has 1 aromatic carbocycles. The summed E-state index contributed by atoms with van der Waals surface area (Å²) in [5, 5.41) is 27.3. The molecule has 248 valence electrons. The van der Waals surface area contributed by atoms with E-state index in [9.17, 15) is 28.2 Å². The van der Waals surface area contributed by atoms with E-state index >= 15 is 0 Å². The van der Waals surface area contributed by atoms with E-state index in [0.29, 0.717) is 12.3 Å². The fourth-order valence-corrected chi connectivity index (χ4v) is 7.14. The highest BCUT2D eigenvalue weighted by atomic mass is 32.2. The Hall–Kier alpha value is -2.35. The number of ether oxygens (including phenoxy) is 1. The van der Waals surface area contributed by atoms with Gasteiger partial charge in [0, 0.05) is 19.5 Å². The van der Waals surface area contributed by atoms with Gasteiger partial charge in [0.15, 0.2) is 0 Å². The van der Waals surface area contributed by atoms with Gasteiger partial charge in [-0.15, -0.1) is 6.58 Å². The van der Waals surface area contributed by atoms with Crippen LogP contribution in [0.15, 0.2) is 43.0 Å². The molecule has 1 saturated carbocycles. The van der Waals surface area contributed by atoms with Gasteiger partial charge in [-0.05, 0) is 36.7 Å². The standard InChI is InChI=1S/C32H52N4O7S/c1-4-11-26(31(39)34-27(20-24-12-7-5-8-13-24)30(38)22-29(37)23(2)3)33-32(40)28(21-25-14-9-6-10-15-25)35-44(41,42)36-16-18-43-19-17-36/h4,6,9-10,14-15,23-24,26-30,35,37-38H,1,5,7-8,11-13,16-22H2,2-3H3,(H,33,40)(H,34,39)/t26-,27-,28-,29-,30-/m0/s1. The van der Waals surface area contributed by atoms with Gasteiger partial charge in [0.1, 0.15) is 12.1 Å². The van der Waals surface area contributed by atoms with Gasteiger partial charge in [0.25, 0.3) is 10.2 Å². The van der Waals surface area contributed by atoms with Crippen LogP contribution < -0.4 is 15.4 Å². The van der Waals surface area contributed by atoms with Crippen LogP contribution in [0.25, 0.3) is 0 Å². The number of aliphatic hydroxyl groups is 2. The molecule has 3 rings (SSSR count). The molecule has 1 saturated heterocycles. The summed E-state index contributed by atoms with van der Waals surface area (Å²) in [5.74, 6) is -0.845. The normalized spacial score (nSPS) is 20.3. The van der Waals surface area contributed by atoms with Crippen molar-refractivity contribution in [2.75, 3.05) is 26.3 Å². The Morgan fingerprint density at radius 1 is 1.00 bits per heavy atom. The quantitative estimate of drug-likeness (QED) is 0.164. The Morgan fingerprint density at radius 2 is 1.64 bits per heavy atom. The van der Waals surface area contributed by atoms with Crippen molar-refractivity contribution in [2.45, 2.75) is 102 Å². The smallest absolute Gasteiger partial charge is 0.280 e. The minimum Gasteiger partial charge on any atom is -0.393 e. The van der Waals surface area contributed by atoms with E-state index in [0.717, 1.165) is 31.2 Å². The first-order valence-corrected chi connectivity index (χ1v) is 17.4. The van der Waals surface area contributed by atoms with E-state index < -0.39 is 52.4 Å². The number of benzene rings is 1. The molecule has 1 aromatic rings. The molecule has 2 aliphatic rings. The van der Waals surface area contributed by atoms with E-state index in [-0.39, 0.29) is 51.5 Å². The summed E-state index contributed by atoms with van der Waals surface area (Å²) in [4.78, 5) is 27.3. The lowest BCUT2D eigenvalue weighted by molar-refractivity contribution is -0.130. The summed E-state index contributed by atoms with van der Waals surface area (Å²) in [7, 11) is -4.02. The lowest BCUT2D eigenvalue weighted by Gasteiger charge is -2.33. The molecule has 5 N–H and O–H groups in total. The van der Waals surface area contributed by atoms with Crippen molar-refractivity contribution in [3.63, 3.8) is 0 Å². The topological polar surface area (TPSA) is 157 Å². The number of carbonyl (C=O) groups is 2. The number of hydrogen-bond acceptors (Lipinski definition) is 7. The predicted molar refractivity (Wildman–Crippen MR) is 170 cm³/mol. The van der Waals surface area contributed by atoms with Crippen LogP contribution in [-0.4, -0.2) is 91.4 Å². The van der Waals surface area contributed by atoms with E-state index in [2.05, 4.69) is 21.9 Å². The van der Waals surface area contributed by atoms with E-state index in [1.165, 1.54) is 16.8 Å². The second-order valence-corrected chi connectivity index (χ2v) is 14.1. The van der Waals surface area contributed by atoms with Gasteiger partial charge in [-0.2, -0.15) is 17.4 Å². The second kappa shape index (κ2) is 18.0. The molecule has 0 unspecified atom stereocenters. The summed E-state index contributed by atoms with van der Waals surface area (Å²) in [6.45, 7) is 8.37. The first-order chi connectivity index (χ1) is 21.0. The molecule has 12 heteroatoms. The first-order valence-electron chi connectivity index (χ1n) is 16.0. The van der Waals surface area contributed by atoms with Crippen molar-refractivity contribution >= 4 is 22.0 Å². The van der Waals surface area contributed by atoms with Crippen molar-refractivity contribution in [1.82, 2.24) is 19.7 Å². The van der Waals surface area contributed by atoms with Crippen LogP contribution in [0.2, 0.25) is 0 Å². The van der Waals surface area contributed by atoms with Gasteiger partial charge in [0.2, 0.25) is 11.8 Å². The Bertz CT molecular complexity index is 1140. The monoisotopic (exact) mass is 636 g/mol. The van der Waals surface area contributed by atoms with Crippen molar-refractivity contribution in [3.05, 3.63) is 48.6 Å². The van der Waals surface area contributed by atoms with Gasteiger partial charge in [-0.25, -0.2) is 0 Å². The largest absolute Gasteiger partial charge is 0.393 e. The molecule has 0 aromatic heterocycles. The molecule has 11 nitrogen and oxygen atoms in total. The fraction of sp³-hybridized carbons (Fsp3) is 0.688. The summed E-state index contributed by atoms with van der Waals surface area (Å²) < 4.78 is 35.5. The van der Waals surface area contributed by atoms with Crippen molar-refractivity contribution in [2.24, 2.45) is 11.8 Å². The predicted octanol–water partition coefficient (Wildman–Crippen LogP) is 2.05. The summed E-state index contributed by atoms with van der Waals surface area (Å²) >= 11 is 0. The second-order valence-electron chi connectivity index (χ2n) is 12.4. The van der Waals surface area contributed by atoms with Crippen LogP contribution in [0.3, 0.4) is 0 Å². The van der Waals surface area contributed by atoms with Gasteiger partial charge in [-0.1, -0.05) is 82.4 Å².